The molecule has 2 rings (SSSR count). The lowest BCUT2D eigenvalue weighted by atomic mass is 9.99. The Labute approximate surface area is 116 Å². The molecule has 4 nitrogen and oxygen atoms in total. The van der Waals surface area contributed by atoms with Gasteiger partial charge in [-0.15, -0.1) is 0 Å². The van der Waals surface area contributed by atoms with Crippen molar-refractivity contribution in [2.24, 2.45) is 0 Å². The molecule has 2 aliphatic carbocycles. The summed E-state index contributed by atoms with van der Waals surface area (Å²) in [7, 11) is 0. The van der Waals surface area contributed by atoms with E-state index in [0.29, 0.717) is 12.6 Å². The minimum Gasteiger partial charge on any atom is -0.394 e. The molecule has 0 aromatic carbocycles. The zero-order valence-corrected chi connectivity index (χ0v) is 11.9. The van der Waals surface area contributed by atoms with Gasteiger partial charge in [-0.05, 0) is 25.7 Å². The highest BCUT2D eigenvalue weighted by atomic mass is 16.3. The molecule has 3 N–H and O–H groups in total. The van der Waals surface area contributed by atoms with Gasteiger partial charge in [-0.2, -0.15) is 0 Å². The predicted molar refractivity (Wildman–Crippen MR) is 75.9 cm³/mol. The summed E-state index contributed by atoms with van der Waals surface area (Å²) in [5.41, 5.74) is -0.194. The van der Waals surface area contributed by atoms with Crippen LogP contribution < -0.4 is 10.6 Å². The first-order valence-corrected chi connectivity index (χ1v) is 7.89. The van der Waals surface area contributed by atoms with Crippen molar-refractivity contribution in [2.45, 2.75) is 75.8 Å². The van der Waals surface area contributed by atoms with Crippen LogP contribution in [-0.4, -0.2) is 35.7 Å². The summed E-state index contributed by atoms with van der Waals surface area (Å²) < 4.78 is 0. The van der Waals surface area contributed by atoms with E-state index in [-0.39, 0.29) is 18.1 Å². The molecule has 1 amide bonds. The smallest absolute Gasteiger partial charge is 0.234 e. The zero-order valence-electron chi connectivity index (χ0n) is 11.9. The molecule has 0 radical (unpaired) electrons. The third-order valence-electron chi connectivity index (χ3n) is 4.71. The number of hydrogen-bond acceptors (Lipinski definition) is 3. The molecule has 0 aromatic heterocycles. The van der Waals surface area contributed by atoms with Crippen LogP contribution in [0.5, 0.6) is 0 Å². The van der Waals surface area contributed by atoms with Crippen LogP contribution in [0, 0.1) is 0 Å². The number of amides is 1. The van der Waals surface area contributed by atoms with E-state index >= 15 is 0 Å². The van der Waals surface area contributed by atoms with E-state index in [0.717, 1.165) is 38.5 Å². The number of aliphatic hydroxyl groups excluding tert-OH is 1. The van der Waals surface area contributed by atoms with Crippen LogP contribution in [-0.2, 0) is 4.79 Å². The lowest BCUT2D eigenvalue weighted by Crippen LogP contribution is -2.51. The van der Waals surface area contributed by atoms with Crippen molar-refractivity contribution in [1.82, 2.24) is 10.6 Å². The SMILES string of the molecule is O=C(CNC1(CO)CCCC1)NC1CCCCCC1. The maximum atomic E-state index is 12.0. The fourth-order valence-electron chi connectivity index (χ4n) is 3.41. The molecule has 0 bridgehead atoms. The van der Waals surface area contributed by atoms with E-state index in [2.05, 4.69) is 10.6 Å². The van der Waals surface area contributed by atoms with Gasteiger partial charge in [0.25, 0.3) is 0 Å². The van der Waals surface area contributed by atoms with Gasteiger partial charge in [0.2, 0.25) is 5.91 Å². The highest BCUT2D eigenvalue weighted by Gasteiger charge is 2.33. The molecular weight excluding hydrogens is 240 g/mol. The second kappa shape index (κ2) is 7.25. The number of nitrogens with one attached hydrogen (secondary N) is 2. The Morgan fingerprint density at radius 3 is 2.26 bits per heavy atom. The minimum atomic E-state index is -0.194. The van der Waals surface area contributed by atoms with Crippen LogP contribution in [0.25, 0.3) is 0 Å². The van der Waals surface area contributed by atoms with E-state index < -0.39 is 0 Å². The highest BCUT2D eigenvalue weighted by Crippen LogP contribution is 2.28. The molecule has 0 saturated heterocycles. The molecule has 110 valence electrons. The van der Waals surface area contributed by atoms with Crippen LogP contribution in [0.1, 0.15) is 64.2 Å². The lowest BCUT2D eigenvalue weighted by molar-refractivity contribution is -0.121. The standard InChI is InChI=1S/C15H28N2O2/c18-12-15(9-5-6-10-15)16-11-14(19)17-13-7-3-1-2-4-8-13/h13,16,18H,1-12H2,(H,17,19). The largest absolute Gasteiger partial charge is 0.394 e. The summed E-state index contributed by atoms with van der Waals surface area (Å²) in [5.74, 6) is 0.0895. The molecule has 0 spiro atoms. The Morgan fingerprint density at radius 1 is 1.05 bits per heavy atom. The number of hydrogen-bond donors (Lipinski definition) is 3. The van der Waals surface area contributed by atoms with Crippen molar-refractivity contribution in [3.63, 3.8) is 0 Å². The Morgan fingerprint density at radius 2 is 1.68 bits per heavy atom. The summed E-state index contributed by atoms with van der Waals surface area (Å²) in [6.07, 6.45) is 11.6. The van der Waals surface area contributed by atoms with Gasteiger partial charge < -0.3 is 15.7 Å². The molecule has 0 aromatic rings. The Balaban J connectivity index is 1.71. The Kier molecular flexibility index (Phi) is 5.64. The van der Waals surface area contributed by atoms with Crippen molar-refractivity contribution in [3.05, 3.63) is 0 Å². The van der Waals surface area contributed by atoms with Crippen LogP contribution in [0.15, 0.2) is 0 Å². The molecule has 2 aliphatic rings. The van der Waals surface area contributed by atoms with Crippen molar-refractivity contribution in [2.75, 3.05) is 13.2 Å². The third kappa shape index (κ3) is 4.46. The van der Waals surface area contributed by atoms with E-state index in [1.807, 2.05) is 0 Å². The number of rotatable bonds is 5. The summed E-state index contributed by atoms with van der Waals surface area (Å²) >= 11 is 0. The lowest BCUT2D eigenvalue weighted by Gasteiger charge is -2.28. The van der Waals surface area contributed by atoms with E-state index in [9.17, 15) is 9.90 Å². The fraction of sp³-hybridized carbons (Fsp3) is 0.933. The molecule has 19 heavy (non-hydrogen) atoms. The molecule has 0 unspecified atom stereocenters. The highest BCUT2D eigenvalue weighted by molar-refractivity contribution is 5.78. The van der Waals surface area contributed by atoms with Gasteiger partial charge in [0.1, 0.15) is 0 Å². The molecule has 2 saturated carbocycles. The molecule has 0 aliphatic heterocycles. The van der Waals surface area contributed by atoms with Gasteiger partial charge in [0.15, 0.2) is 0 Å². The van der Waals surface area contributed by atoms with E-state index in [1.165, 1.54) is 25.7 Å². The molecule has 4 heteroatoms. The van der Waals surface area contributed by atoms with Crippen molar-refractivity contribution >= 4 is 5.91 Å². The second-order valence-corrected chi connectivity index (χ2v) is 6.26. The first kappa shape index (κ1) is 14.8. The third-order valence-corrected chi connectivity index (χ3v) is 4.71. The van der Waals surface area contributed by atoms with Crippen molar-refractivity contribution in [1.29, 1.82) is 0 Å². The van der Waals surface area contributed by atoms with E-state index in [1.54, 1.807) is 0 Å². The van der Waals surface area contributed by atoms with Gasteiger partial charge in [0.05, 0.1) is 13.2 Å². The van der Waals surface area contributed by atoms with Gasteiger partial charge in [-0.3, -0.25) is 4.79 Å². The molecule has 0 atom stereocenters. The molecular formula is C15H28N2O2. The quantitative estimate of drug-likeness (QED) is 0.665. The molecule has 0 heterocycles. The predicted octanol–water partition coefficient (Wildman–Crippen LogP) is 1.72. The number of aliphatic hydroxyl groups is 1. The average Bonchev–Trinajstić information content (AvgIpc) is 2.75. The van der Waals surface area contributed by atoms with Gasteiger partial charge in [-0.25, -0.2) is 0 Å². The second-order valence-electron chi connectivity index (χ2n) is 6.26. The van der Waals surface area contributed by atoms with Gasteiger partial charge in [0, 0.05) is 11.6 Å². The Bertz CT molecular complexity index is 280. The monoisotopic (exact) mass is 268 g/mol. The van der Waals surface area contributed by atoms with Gasteiger partial charge in [-0.1, -0.05) is 38.5 Å². The summed E-state index contributed by atoms with van der Waals surface area (Å²) in [6, 6.07) is 0.366. The maximum absolute atomic E-state index is 12.0. The van der Waals surface area contributed by atoms with Crippen LogP contribution in [0.2, 0.25) is 0 Å². The van der Waals surface area contributed by atoms with Crippen molar-refractivity contribution in [3.8, 4) is 0 Å². The average molecular weight is 268 g/mol. The normalized spacial score (nSPS) is 24.1. The van der Waals surface area contributed by atoms with Crippen molar-refractivity contribution < 1.29 is 9.90 Å². The minimum absolute atomic E-state index is 0.0895. The first-order chi connectivity index (χ1) is 9.24. The van der Waals surface area contributed by atoms with Crippen LogP contribution in [0.4, 0.5) is 0 Å². The number of carbonyl (C=O) groups excluding carboxylic acids is 1. The topological polar surface area (TPSA) is 61.4 Å². The maximum Gasteiger partial charge on any atom is 0.234 e. The zero-order chi connectivity index (χ0) is 13.6. The van der Waals surface area contributed by atoms with Crippen LogP contribution >= 0.6 is 0 Å². The summed E-state index contributed by atoms with van der Waals surface area (Å²) in [5, 5.41) is 15.9. The molecule has 2 fully saturated rings. The number of carbonyl (C=O) groups is 1. The van der Waals surface area contributed by atoms with E-state index in [4.69, 9.17) is 0 Å². The van der Waals surface area contributed by atoms with Crippen LogP contribution in [0.3, 0.4) is 0 Å². The summed E-state index contributed by atoms with van der Waals surface area (Å²) in [6.45, 7) is 0.487. The summed E-state index contributed by atoms with van der Waals surface area (Å²) in [4.78, 5) is 12.0. The fourth-order valence-corrected chi connectivity index (χ4v) is 3.41. The first-order valence-electron chi connectivity index (χ1n) is 7.89. The Hall–Kier alpha value is -0.610. The van der Waals surface area contributed by atoms with Gasteiger partial charge >= 0.3 is 0 Å².